The molecular formula is C14H23NO2. The summed E-state index contributed by atoms with van der Waals surface area (Å²) in [5.74, 6) is -0.722. The first-order valence-electron chi connectivity index (χ1n) is 6.35. The van der Waals surface area contributed by atoms with Crippen LogP contribution in [0.15, 0.2) is 24.3 Å². The van der Waals surface area contributed by atoms with E-state index in [1.807, 2.05) is 0 Å². The maximum Gasteiger partial charge on any atom is 0.304 e. The van der Waals surface area contributed by atoms with Crippen molar-refractivity contribution in [3.8, 4) is 0 Å². The van der Waals surface area contributed by atoms with E-state index in [9.17, 15) is 4.79 Å². The van der Waals surface area contributed by atoms with Crippen LogP contribution in [0.2, 0.25) is 0 Å². The van der Waals surface area contributed by atoms with Gasteiger partial charge in [-0.3, -0.25) is 4.79 Å². The molecule has 0 aromatic heterocycles. The average molecular weight is 237 g/mol. The molecule has 0 heterocycles. The fraction of sp³-hybridized carbons (Fsp3) is 0.643. The van der Waals surface area contributed by atoms with Crippen LogP contribution in [0.5, 0.6) is 0 Å². The Morgan fingerprint density at radius 2 is 2.29 bits per heavy atom. The quantitative estimate of drug-likeness (QED) is 0.716. The standard InChI is InChI=1S/C14H23NO2/c1-3-7-12(10-13(16)17)15-11-14(2)8-5-4-6-9-14/h4-6,8,12,15H,3,7,9-11H2,1-2H3,(H,16,17)/t12-,14+/m0/s1. The molecule has 1 aliphatic rings. The predicted octanol–water partition coefficient (Wildman–Crippen LogP) is 2.74. The molecule has 0 radical (unpaired) electrons. The number of carboxylic acids is 1. The average Bonchev–Trinajstić information content (AvgIpc) is 2.27. The summed E-state index contributed by atoms with van der Waals surface area (Å²) in [7, 11) is 0. The number of aliphatic carboxylic acids is 1. The van der Waals surface area contributed by atoms with Crippen molar-refractivity contribution in [2.24, 2.45) is 5.41 Å². The minimum Gasteiger partial charge on any atom is -0.481 e. The van der Waals surface area contributed by atoms with E-state index in [2.05, 4.69) is 43.5 Å². The minimum absolute atomic E-state index is 0.0913. The summed E-state index contributed by atoms with van der Waals surface area (Å²) >= 11 is 0. The van der Waals surface area contributed by atoms with Crippen LogP contribution in [0.4, 0.5) is 0 Å². The lowest BCUT2D eigenvalue weighted by Crippen LogP contribution is -2.39. The highest BCUT2D eigenvalue weighted by Gasteiger charge is 2.22. The first-order chi connectivity index (χ1) is 8.06. The summed E-state index contributed by atoms with van der Waals surface area (Å²) in [5.41, 5.74) is 0.124. The zero-order valence-corrected chi connectivity index (χ0v) is 10.8. The Labute approximate surface area is 104 Å². The first kappa shape index (κ1) is 14.0. The van der Waals surface area contributed by atoms with Crippen LogP contribution in [0.3, 0.4) is 0 Å². The normalized spacial score (nSPS) is 24.8. The molecule has 3 heteroatoms. The molecule has 1 rings (SSSR count). The summed E-state index contributed by atoms with van der Waals surface area (Å²) in [6.45, 7) is 5.12. The van der Waals surface area contributed by atoms with Gasteiger partial charge >= 0.3 is 5.97 Å². The van der Waals surface area contributed by atoms with Crippen molar-refractivity contribution in [2.75, 3.05) is 6.54 Å². The van der Waals surface area contributed by atoms with Crippen molar-refractivity contribution in [3.05, 3.63) is 24.3 Å². The van der Waals surface area contributed by atoms with E-state index in [0.29, 0.717) is 0 Å². The molecule has 0 bridgehead atoms. The molecule has 0 amide bonds. The Bertz CT molecular complexity index is 309. The highest BCUT2D eigenvalue weighted by molar-refractivity contribution is 5.67. The van der Waals surface area contributed by atoms with Crippen molar-refractivity contribution in [2.45, 2.75) is 45.6 Å². The maximum absolute atomic E-state index is 10.8. The van der Waals surface area contributed by atoms with Gasteiger partial charge in [0.25, 0.3) is 0 Å². The monoisotopic (exact) mass is 237 g/mol. The van der Waals surface area contributed by atoms with E-state index in [0.717, 1.165) is 25.8 Å². The molecule has 3 nitrogen and oxygen atoms in total. The van der Waals surface area contributed by atoms with Crippen molar-refractivity contribution < 1.29 is 9.90 Å². The van der Waals surface area contributed by atoms with Gasteiger partial charge in [-0.05, 0) is 12.8 Å². The van der Waals surface area contributed by atoms with E-state index in [-0.39, 0.29) is 17.9 Å². The van der Waals surface area contributed by atoms with Crippen LogP contribution in [0, 0.1) is 5.41 Å². The molecule has 17 heavy (non-hydrogen) atoms. The SMILES string of the molecule is CCC[C@@H](CC(=O)O)NC[C@]1(C)C=CC=CC1. The molecule has 1 aliphatic carbocycles. The fourth-order valence-electron chi connectivity index (χ4n) is 2.12. The summed E-state index contributed by atoms with van der Waals surface area (Å²) in [6.07, 6.45) is 11.6. The van der Waals surface area contributed by atoms with Crippen molar-refractivity contribution in [3.63, 3.8) is 0 Å². The van der Waals surface area contributed by atoms with Crippen LogP contribution in [0.1, 0.15) is 39.5 Å². The second kappa shape index (κ2) is 6.60. The molecule has 0 aliphatic heterocycles. The number of rotatable bonds is 7. The number of nitrogens with one attached hydrogen (secondary N) is 1. The number of carbonyl (C=O) groups is 1. The Morgan fingerprint density at radius 1 is 1.53 bits per heavy atom. The van der Waals surface area contributed by atoms with Gasteiger partial charge in [0.05, 0.1) is 6.42 Å². The zero-order valence-electron chi connectivity index (χ0n) is 10.8. The molecule has 2 N–H and O–H groups in total. The lowest BCUT2D eigenvalue weighted by molar-refractivity contribution is -0.137. The summed E-state index contributed by atoms with van der Waals surface area (Å²) in [6, 6.07) is 0.0913. The van der Waals surface area contributed by atoms with Crippen LogP contribution in [-0.4, -0.2) is 23.7 Å². The highest BCUT2D eigenvalue weighted by Crippen LogP contribution is 2.26. The Hall–Kier alpha value is -1.09. The second-order valence-electron chi connectivity index (χ2n) is 5.11. The lowest BCUT2D eigenvalue weighted by Gasteiger charge is -2.29. The van der Waals surface area contributed by atoms with E-state index in [1.165, 1.54) is 0 Å². The smallest absolute Gasteiger partial charge is 0.304 e. The van der Waals surface area contributed by atoms with E-state index >= 15 is 0 Å². The zero-order chi connectivity index (χ0) is 12.7. The first-order valence-corrected chi connectivity index (χ1v) is 6.35. The van der Waals surface area contributed by atoms with Gasteiger partial charge in [-0.1, -0.05) is 44.6 Å². The molecule has 0 aromatic rings. The number of carboxylic acid groups (broad SMARTS) is 1. The van der Waals surface area contributed by atoms with Gasteiger partial charge in [0.2, 0.25) is 0 Å². The molecule has 0 saturated heterocycles. The van der Waals surface area contributed by atoms with Gasteiger partial charge in [-0.25, -0.2) is 0 Å². The van der Waals surface area contributed by atoms with Crippen molar-refractivity contribution >= 4 is 5.97 Å². The van der Waals surface area contributed by atoms with Gasteiger partial charge in [0, 0.05) is 18.0 Å². The molecule has 2 atom stereocenters. The molecule has 0 saturated carbocycles. The number of allylic oxidation sites excluding steroid dienone is 3. The van der Waals surface area contributed by atoms with Gasteiger partial charge < -0.3 is 10.4 Å². The van der Waals surface area contributed by atoms with Gasteiger partial charge in [-0.15, -0.1) is 0 Å². The summed E-state index contributed by atoms with van der Waals surface area (Å²) in [5, 5.41) is 12.2. The topological polar surface area (TPSA) is 49.3 Å². The van der Waals surface area contributed by atoms with Crippen LogP contribution in [-0.2, 0) is 4.79 Å². The third-order valence-electron chi connectivity index (χ3n) is 3.18. The minimum atomic E-state index is -0.722. The van der Waals surface area contributed by atoms with E-state index in [1.54, 1.807) is 0 Å². The fourth-order valence-corrected chi connectivity index (χ4v) is 2.12. The number of hydrogen-bond acceptors (Lipinski definition) is 2. The molecule has 96 valence electrons. The Balaban J connectivity index is 2.42. The van der Waals surface area contributed by atoms with Gasteiger partial charge in [-0.2, -0.15) is 0 Å². The number of hydrogen-bond donors (Lipinski definition) is 2. The third kappa shape index (κ3) is 5.18. The van der Waals surface area contributed by atoms with Gasteiger partial charge in [0.1, 0.15) is 0 Å². The van der Waals surface area contributed by atoms with Crippen molar-refractivity contribution in [1.82, 2.24) is 5.32 Å². The molecule has 0 aromatic carbocycles. The Kier molecular flexibility index (Phi) is 5.42. The van der Waals surface area contributed by atoms with Gasteiger partial charge in [0.15, 0.2) is 0 Å². The molecular weight excluding hydrogens is 214 g/mol. The van der Waals surface area contributed by atoms with Crippen LogP contribution >= 0.6 is 0 Å². The van der Waals surface area contributed by atoms with Crippen molar-refractivity contribution in [1.29, 1.82) is 0 Å². The molecule has 0 fully saturated rings. The molecule has 0 spiro atoms. The Morgan fingerprint density at radius 3 is 2.82 bits per heavy atom. The third-order valence-corrected chi connectivity index (χ3v) is 3.18. The van der Waals surface area contributed by atoms with Crippen LogP contribution in [0.25, 0.3) is 0 Å². The predicted molar refractivity (Wildman–Crippen MR) is 70.0 cm³/mol. The maximum atomic E-state index is 10.8. The molecule has 0 unspecified atom stereocenters. The highest BCUT2D eigenvalue weighted by atomic mass is 16.4. The largest absolute Gasteiger partial charge is 0.481 e. The van der Waals surface area contributed by atoms with Crippen LogP contribution < -0.4 is 5.32 Å². The van der Waals surface area contributed by atoms with E-state index < -0.39 is 5.97 Å². The summed E-state index contributed by atoms with van der Waals surface area (Å²) in [4.78, 5) is 10.8. The second-order valence-corrected chi connectivity index (χ2v) is 5.11. The summed E-state index contributed by atoms with van der Waals surface area (Å²) < 4.78 is 0. The van der Waals surface area contributed by atoms with E-state index in [4.69, 9.17) is 5.11 Å². The lowest BCUT2D eigenvalue weighted by atomic mass is 9.83.